The number of carbonyl (C=O) groups is 1. The third-order valence-electron chi connectivity index (χ3n) is 6.28. The number of anilines is 1. The van der Waals surface area contributed by atoms with Crippen molar-refractivity contribution in [2.45, 2.75) is 77.0 Å². The Morgan fingerprint density at radius 2 is 1.72 bits per heavy atom. The first-order valence-electron chi connectivity index (χ1n) is 11.8. The highest BCUT2D eigenvalue weighted by molar-refractivity contribution is 9.11. The number of amides is 1. The van der Waals surface area contributed by atoms with Gasteiger partial charge < -0.3 is 25.6 Å². The van der Waals surface area contributed by atoms with E-state index in [0.29, 0.717) is 18.2 Å². The maximum atomic E-state index is 12.6. The van der Waals surface area contributed by atoms with E-state index in [1.54, 1.807) is 0 Å². The van der Waals surface area contributed by atoms with E-state index >= 15 is 0 Å². The molecule has 180 valence electrons. The van der Waals surface area contributed by atoms with Crippen LogP contribution in [0.3, 0.4) is 0 Å². The maximum absolute atomic E-state index is 12.6. The molecule has 0 aromatic heterocycles. The average Bonchev–Trinajstić information content (AvgIpc) is 2.71. The largest absolute Gasteiger partial charge is 0.444 e. The van der Waals surface area contributed by atoms with Crippen LogP contribution in [-0.2, 0) is 11.2 Å². The Kier molecular flexibility index (Phi) is 9.30. The summed E-state index contributed by atoms with van der Waals surface area (Å²) in [5.41, 5.74) is 7.34. The predicted octanol–water partition coefficient (Wildman–Crippen LogP) is 5.18. The molecule has 0 spiro atoms. The molecule has 1 aromatic rings. The summed E-state index contributed by atoms with van der Waals surface area (Å²) in [5.74, 6) is 0. The van der Waals surface area contributed by atoms with Crippen LogP contribution >= 0.6 is 31.9 Å². The van der Waals surface area contributed by atoms with Gasteiger partial charge in [-0.05, 0) is 129 Å². The molecule has 0 radical (unpaired) electrons. The molecule has 2 heterocycles. The van der Waals surface area contributed by atoms with E-state index < -0.39 is 5.60 Å². The van der Waals surface area contributed by atoms with Crippen molar-refractivity contribution in [3.05, 3.63) is 26.6 Å². The van der Waals surface area contributed by atoms with E-state index in [4.69, 9.17) is 10.5 Å². The second-order valence-corrected chi connectivity index (χ2v) is 11.9. The van der Waals surface area contributed by atoms with Crippen molar-refractivity contribution in [3.63, 3.8) is 0 Å². The minimum Gasteiger partial charge on any atom is -0.444 e. The Morgan fingerprint density at radius 1 is 1.12 bits per heavy atom. The lowest BCUT2D eigenvalue weighted by Gasteiger charge is -2.41. The SMILES string of the molecule is CC(C)(C)OC(=O)NC(Cc1cc(Br)c(N)c(Br)c1)CN1CCC(N2CCCCC2)CC1. The number of nitrogens with one attached hydrogen (secondary N) is 1. The molecule has 8 heteroatoms. The highest BCUT2D eigenvalue weighted by Crippen LogP contribution is 2.30. The molecule has 0 saturated carbocycles. The summed E-state index contributed by atoms with van der Waals surface area (Å²) in [6.45, 7) is 11.1. The molecule has 32 heavy (non-hydrogen) atoms. The van der Waals surface area contributed by atoms with Gasteiger partial charge in [-0.15, -0.1) is 0 Å². The molecular weight excluding hydrogens is 536 g/mol. The zero-order valence-electron chi connectivity index (χ0n) is 19.6. The summed E-state index contributed by atoms with van der Waals surface area (Å²) in [6, 6.07) is 4.74. The average molecular weight is 574 g/mol. The van der Waals surface area contributed by atoms with E-state index in [0.717, 1.165) is 34.1 Å². The Morgan fingerprint density at radius 3 is 2.28 bits per heavy atom. The molecular formula is C24H38Br2N4O2. The molecule has 0 bridgehead atoms. The number of likely N-dealkylation sites (tertiary alicyclic amines) is 2. The summed E-state index contributed by atoms with van der Waals surface area (Å²) >= 11 is 7.08. The van der Waals surface area contributed by atoms with Gasteiger partial charge in [-0.1, -0.05) is 6.42 Å². The first-order valence-corrected chi connectivity index (χ1v) is 13.4. The number of benzene rings is 1. The van der Waals surface area contributed by atoms with E-state index in [9.17, 15) is 4.79 Å². The van der Waals surface area contributed by atoms with Gasteiger partial charge in [0.05, 0.1) is 5.69 Å². The lowest BCUT2D eigenvalue weighted by molar-refractivity contribution is 0.0473. The molecule has 1 amide bonds. The molecule has 3 N–H and O–H groups in total. The van der Waals surface area contributed by atoms with E-state index in [1.807, 2.05) is 32.9 Å². The van der Waals surface area contributed by atoms with Crippen LogP contribution in [0.15, 0.2) is 21.1 Å². The topological polar surface area (TPSA) is 70.8 Å². The van der Waals surface area contributed by atoms with Gasteiger partial charge in [-0.25, -0.2) is 4.79 Å². The number of ether oxygens (including phenoxy) is 1. The van der Waals surface area contributed by atoms with Gasteiger partial charge in [0.15, 0.2) is 0 Å². The second kappa shape index (κ2) is 11.5. The molecule has 3 rings (SSSR count). The van der Waals surface area contributed by atoms with Gasteiger partial charge in [-0.3, -0.25) is 0 Å². The zero-order chi connectivity index (χ0) is 23.3. The van der Waals surface area contributed by atoms with Crippen LogP contribution in [0.25, 0.3) is 0 Å². The normalized spacial score (nSPS) is 20.2. The minimum absolute atomic E-state index is 0.0428. The van der Waals surface area contributed by atoms with E-state index in [1.165, 1.54) is 45.2 Å². The van der Waals surface area contributed by atoms with Gasteiger partial charge in [0.1, 0.15) is 5.60 Å². The number of hydrogen-bond acceptors (Lipinski definition) is 5. The van der Waals surface area contributed by atoms with Gasteiger partial charge in [0.2, 0.25) is 0 Å². The van der Waals surface area contributed by atoms with Crippen LogP contribution in [0.5, 0.6) is 0 Å². The lowest BCUT2D eigenvalue weighted by Crippen LogP contribution is -2.51. The summed E-state index contributed by atoms with van der Waals surface area (Å²) in [6.07, 6.45) is 6.83. The monoisotopic (exact) mass is 572 g/mol. The lowest BCUT2D eigenvalue weighted by atomic mass is 9.98. The first-order chi connectivity index (χ1) is 15.1. The number of nitrogens with zero attached hydrogens (tertiary/aromatic N) is 2. The van der Waals surface area contributed by atoms with Crippen molar-refractivity contribution < 1.29 is 9.53 Å². The van der Waals surface area contributed by atoms with Gasteiger partial charge in [-0.2, -0.15) is 0 Å². The minimum atomic E-state index is -0.519. The molecule has 1 aromatic carbocycles. The predicted molar refractivity (Wildman–Crippen MR) is 138 cm³/mol. The van der Waals surface area contributed by atoms with Gasteiger partial charge in [0, 0.05) is 27.6 Å². The van der Waals surface area contributed by atoms with Gasteiger partial charge >= 0.3 is 6.09 Å². The van der Waals surface area contributed by atoms with Crippen molar-refractivity contribution >= 4 is 43.6 Å². The fourth-order valence-corrected chi connectivity index (χ4v) is 6.02. The third-order valence-corrected chi connectivity index (χ3v) is 7.60. The molecule has 6 nitrogen and oxygen atoms in total. The summed E-state index contributed by atoms with van der Waals surface area (Å²) in [5, 5.41) is 3.12. The number of rotatable bonds is 6. The third kappa shape index (κ3) is 7.89. The van der Waals surface area contributed by atoms with Crippen molar-refractivity contribution in [2.24, 2.45) is 0 Å². The van der Waals surface area contributed by atoms with Crippen molar-refractivity contribution in [1.29, 1.82) is 0 Å². The standard InChI is InChI=1S/C24H38Br2N4O2/c1-24(2,3)32-23(31)28-18(13-17-14-20(25)22(27)21(26)15-17)16-29-11-7-19(8-12-29)30-9-5-4-6-10-30/h14-15,18-19H,4-13,16,27H2,1-3H3,(H,28,31). The first kappa shape index (κ1) is 25.8. The number of halogens is 2. The Balaban J connectivity index is 1.62. The smallest absolute Gasteiger partial charge is 0.407 e. The van der Waals surface area contributed by atoms with Crippen LogP contribution in [0.1, 0.15) is 58.4 Å². The van der Waals surface area contributed by atoms with Crippen molar-refractivity contribution in [3.8, 4) is 0 Å². The Hall–Kier alpha value is -0.830. The number of nitrogens with two attached hydrogens (primary N) is 1. The van der Waals surface area contributed by atoms with E-state index in [-0.39, 0.29) is 12.1 Å². The summed E-state index contributed by atoms with van der Waals surface area (Å²) in [4.78, 5) is 17.7. The van der Waals surface area contributed by atoms with Crippen LogP contribution in [-0.4, -0.2) is 66.3 Å². The highest BCUT2D eigenvalue weighted by atomic mass is 79.9. The maximum Gasteiger partial charge on any atom is 0.407 e. The molecule has 2 aliphatic rings. The number of carbonyl (C=O) groups excluding carboxylic acids is 1. The molecule has 2 aliphatic heterocycles. The molecule has 2 saturated heterocycles. The zero-order valence-corrected chi connectivity index (χ0v) is 22.8. The van der Waals surface area contributed by atoms with Crippen LogP contribution in [0, 0.1) is 0 Å². The molecule has 0 aliphatic carbocycles. The van der Waals surface area contributed by atoms with Crippen molar-refractivity contribution in [2.75, 3.05) is 38.5 Å². The van der Waals surface area contributed by atoms with Crippen molar-refractivity contribution in [1.82, 2.24) is 15.1 Å². The second-order valence-electron chi connectivity index (χ2n) is 10.1. The van der Waals surface area contributed by atoms with Gasteiger partial charge in [0.25, 0.3) is 0 Å². The van der Waals surface area contributed by atoms with Crippen LogP contribution < -0.4 is 11.1 Å². The molecule has 2 fully saturated rings. The summed E-state index contributed by atoms with van der Waals surface area (Å²) < 4.78 is 7.27. The Labute approximate surface area is 209 Å². The molecule has 1 unspecified atom stereocenters. The molecule has 1 atom stereocenters. The number of hydrogen-bond donors (Lipinski definition) is 2. The fraction of sp³-hybridized carbons (Fsp3) is 0.708. The number of piperidine rings is 2. The highest BCUT2D eigenvalue weighted by Gasteiger charge is 2.28. The fourth-order valence-electron chi connectivity index (χ4n) is 4.74. The Bertz CT molecular complexity index is 747. The summed E-state index contributed by atoms with van der Waals surface area (Å²) in [7, 11) is 0. The van der Waals surface area contributed by atoms with Crippen LogP contribution in [0.4, 0.5) is 10.5 Å². The number of alkyl carbamates (subject to hydrolysis) is 1. The quantitative estimate of drug-likeness (QED) is 0.459. The number of nitrogen functional groups attached to an aromatic ring is 1. The van der Waals surface area contributed by atoms with Crippen LogP contribution in [0.2, 0.25) is 0 Å². The van der Waals surface area contributed by atoms with E-state index in [2.05, 4.69) is 47.0 Å².